The monoisotopic (exact) mass is 200 g/mol. The average molecular weight is 200 g/mol. The van der Waals surface area contributed by atoms with Crippen molar-refractivity contribution < 1.29 is 0 Å². The van der Waals surface area contributed by atoms with Crippen molar-refractivity contribution in [2.75, 3.05) is 13.6 Å². The average Bonchev–Trinajstić information content (AvgIpc) is 2.70. The van der Waals surface area contributed by atoms with Crippen LogP contribution in [0.15, 0.2) is 17.5 Å². The van der Waals surface area contributed by atoms with E-state index in [9.17, 15) is 0 Å². The van der Waals surface area contributed by atoms with Crippen molar-refractivity contribution in [1.82, 2.24) is 5.32 Å². The summed E-state index contributed by atoms with van der Waals surface area (Å²) in [7, 11) is 1.97. The van der Waals surface area contributed by atoms with Gasteiger partial charge in [-0.3, -0.25) is 0 Å². The molecule has 0 aliphatic heterocycles. The molecule has 1 unspecified atom stereocenters. The number of rotatable bonds is 4. The Kier molecular flexibility index (Phi) is 7.99. The summed E-state index contributed by atoms with van der Waals surface area (Å²) in [5, 5.41) is 5.33. The van der Waals surface area contributed by atoms with Crippen molar-refractivity contribution in [3.05, 3.63) is 22.4 Å². The van der Waals surface area contributed by atoms with Gasteiger partial charge in [-0.15, -0.1) is 11.3 Å². The van der Waals surface area contributed by atoms with Crippen molar-refractivity contribution in [2.45, 2.75) is 26.3 Å². The first-order valence-corrected chi connectivity index (χ1v) is 5.67. The maximum absolute atomic E-state index is 5.48. The largest absolute Gasteiger partial charge is 0.330 e. The van der Waals surface area contributed by atoms with Gasteiger partial charge in [-0.1, -0.05) is 19.9 Å². The van der Waals surface area contributed by atoms with Gasteiger partial charge in [0, 0.05) is 10.9 Å². The maximum atomic E-state index is 5.48. The Balaban J connectivity index is 0.000000671. The molecule has 3 heteroatoms. The molecule has 2 nitrogen and oxygen atoms in total. The van der Waals surface area contributed by atoms with Gasteiger partial charge in [0.2, 0.25) is 0 Å². The molecule has 1 rings (SSSR count). The second-order valence-electron chi connectivity index (χ2n) is 2.43. The van der Waals surface area contributed by atoms with Gasteiger partial charge in [-0.05, 0) is 31.5 Å². The van der Waals surface area contributed by atoms with Gasteiger partial charge in [0.1, 0.15) is 0 Å². The van der Waals surface area contributed by atoms with Crippen molar-refractivity contribution in [3.63, 3.8) is 0 Å². The summed E-state index contributed by atoms with van der Waals surface area (Å²) in [6.45, 7) is 4.74. The topological polar surface area (TPSA) is 38.0 Å². The molecule has 1 atom stereocenters. The third-order valence-corrected chi connectivity index (χ3v) is 2.68. The van der Waals surface area contributed by atoms with Crippen molar-refractivity contribution in [1.29, 1.82) is 0 Å². The SMILES string of the molecule is CC.CNC(CCN)c1cccs1. The number of nitrogens with two attached hydrogens (primary N) is 1. The number of thiophene rings is 1. The standard InChI is InChI=1S/C8H14N2S.C2H6/c1-10-7(4-5-9)8-3-2-6-11-8;1-2/h2-3,6-7,10H,4-5,9H2,1H3;1-2H3. The first-order chi connectivity index (χ1) is 6.38. The molecule has 0 aliphatic rings. The van der Waals surface area contributed by atoms with E-state index in [2.05, 4.69) is 22.8 Å². The lowest BCUT2D eigenvalue weighted by Crippen LogP contribution is -2.18. The molecule has 1 aromatic heterocycles. The molecule has 0 bridgehead atoms. The zero-order chi connectivity index (χ0) is 10.1. The summed E-state index contributed by atoms with van der Waals surface area (Å²) in [4.78, 5) is 1.37. The minimum absolute atomic E-state index is 0.444. The minimum Gasteiger partial charge on any atom is -0.330 e. The lowest BCUT2D eigenvalue weighted by atomic mass is 10.2. The van der Waals surface area contributed by atoms with Crippen LogP contribution in [0.5, 0.6) is 0 Å². The molecule has 0 fully saturated rings. The van der Waals surface area contributed by atoms with Gasteiger partial charge in [0.05, 0.1) is 0 Å². The van der Waals surface area contributed by atoms with Crippen LogP contribution in [-0.2, 0) is 0 Å². The van der Waals surface area contributed by atoms with Crippen LogP contribution in [0.2, 0.25) is 0 Å². The summed E-state index contributed by atoms with van der Waals surface area (Å²) in [5.41, 5.74) is 5.48. The van der Waals surface area contributed by atoms with E-state index in [-0.39, 0.29) is 0 Å². The third kappa shape index (κ3) is 4.41. The molecule has 1 aromatic rings. The van der Waals surface area contributed by atoms with E-state index >= 15 is 0 Å². The van der Waals surface area contributed by atoms with E-state index in [0.717, 1.165) is 13.0 Å². The fourth-order valence-corrected chi connectivity index (χ4v) is 1.96. The number of hydrogen-bond acceptors (Lipinski definition) is 3. The van der Waals surface area contributed by atoms with E-state index in [0.29, 0.717) is 6.04 Å². The molecular weight excluding hydrogens is 180 g/mol. The van der Waals surface area contributed by atoms with E-state index in [1.54, 1.807) is 11.3 Å². The summed E-state index contributed by atoms with van der Waals surface area (Å²) in [6, 6.07) is 4.66. The Morgan fingerprint density at radius 3 is 2.62 bits per heavy atom. The second-order valence-corrected chi connectivity index (χ2v) is 3.41. The molecule has 0 aliphatic carbocycles. The van der Waals surface area contributed by atoms with E-state index in [4.69, 9.17) is 5.73 Å². The maximum Gasteiger partial charge on any atom is 0.0424 e. The molecule has 0 amide bonds. The Labute approximate surface area is 85.2 Å². The summed E-state index contributed by atoms with van der Waals surface area (Å²) in [6.07, 6.45) is 1.01. The summed E-state index contributed by atoms with van der Waals surface area (Å²) >= 11 is 1.78. The fourth-order valence-electron chi connectivity index (χ4n) is 1.09. The Bertz CT molecular complexity index is 185. The zero-order valence-electron chi connectivity index (χ0n) is 8.71. The fraction of sp³-hybridized carbons (Fsp3) is 0.600. The molecule has 3 N–H and O–H groups in total. The van der Waals surface area contributed by atoms with Crippen molar-refractivity contribution in [2.24, 2.45) is 5.73 Å². The third-order valence-electron chi connectivity index (χ3n) is 1.69. The highest BCUT2D eigenvalue weighted by atomic mass is 32.1. The second kappa shape index (κ2) is 8.23. The Morgan fingerprint density at radius 2 is 2.23 bits per heavy atom. The van der Waals surface area contributed by atoms with Gasteiger partial charge in [-0.25, -0.2) is 0 Å². The molecule has 0 radical (unpaired) electrons. The number of hydrogen-bond donors (Lipinski definition) is 2. The number of nitrogens with one attached hydrogen (secondary N) is 1. The van der Waals surface area contributed by atoms with Gasteiger partial charge < -0.3 is 11.1 Å². The Morgan fingerprint density at radius 1 is 1.54 bits per heavy atom. The highest BCUT2D eigenvalue weighted by Gasteiger charge is 2.07. The zero-order valence-corrected chi connectivity index (χ0v) is 9.53. The van der Waals surface area contributed by atoms with Crippen molar-refractivity contribution in [3.8, 4) is 0 Å². The van der Waals surface area contributed by atoms with Crippen LogP contribution in [0.4, 0.5) is 0 Å². The first-order valence-electron chi connectivity index (χ1n) is 4.79. The lowest BCUT2D eigenvalue weighted by Gasteiger charge is -2.12. The van der Waals surface area contributed by atoms with Gasteiger partial charge >= 0.3 is 0 Å². The van der Waals surface area contributed by atoms with Crippen LogP contribution >= 0.6 is 11.3 Å². The molecule has 0 aromatic carbocycles. The highest BCUT2D eigenvalue weighted by Crippen LogP contribution is 2.20. The predicted molar refractivity (Wildman–Crippen MR) is 61.1 cm³/mol. The molecule has 76 valence electrons. The molecule has 13 heavy (non-hydrogen) atoms. The van der Waals surface area contributed by atoms with E-state index in [1.807, 2.05) is 20.9 Å². The summed E-state index contributed by atoms with van der Waals surface area (Å²) < 4.78 is 0. The molecule has 0 saturated heterocycles. The normalized spacial score (nSPS) is 11.7. The predicted octanol–water partition coefficient (Wildman–Crippen LogP) is 2.38. The smallest absolute Gasteiger partial charge is 0.0424 e. The molecule has 0 spiro atoms. The molecular formula is C10H20N2S. The Hall–Kier alpha value is -0.380. The van der Waals surface area contributed by atoms with E-state index in [1.165, 1.54) is 4.88 Å². The van der Waals surface area contributed by atoms with Crippen LogP contribution in [0.1, 0.15) is 31.2 Å². The van der Waals surface area contributed by atoms with Crippen LogP contribution in [-0.4, -0.2) is 13.6 Å². The van der Waals surface area contributed by atoms with Gasteiger partial charge in [-0.2, -0.15) is 0 Å². The molecule has 0 saturated carbocycles. The minimum atomic E-state index is 0.444. The summed E-state index contributed by atoms with van der Waals surface area (Å²) in [5.74, 6) is 0. The lowest BCUT2D eigenvalue weighted by molar-refractivity contribution is 0.565. The van der Waals surface area contributed by atoms with Crippen molar-refractivity contribution >= 4 is 11.3 Å². The van der Waals surface area contributed by atoms with E-state index < -0.39 is 0 Å². The first kappa shape index (κ1) is 12.6. The van der Waals surface area contributed by atoms with Crippen LogP contribution in [0.25, 0.3) is 0 Å². The van der Waals surface area contributed by atoms with Crippen LogP contribution < -0.4 is 11.1 Å². The highest BCUT2D eigenvalue weighted by molar-refractivity contribution is 7.10. The van der Waals surface area contributed by atoms with Crippen LogP contribution in [0.3, 0.4) is 0 Å². The van der Waals surface area contributed by atoms with Gasteiger partial charge in [0.15, 0.2) is 0 Å². The molecule has 1 heterocycles. The van der Waals surface area contributed by atoms with Gasteiger partial charge in [0.25, 0.3) is 0 Å². The quantitative estimate of drug-likeness (QED) is 0.783. The van der Waals surface area contributed by atoms with Crippen LogP contribution in [0, 0.1) is 0 Å².